The zero-order chi connectivity index (χ0) is 13.4. The number of carboxylic acid groups (broad SMARTS) is 1. The van der Waals surface area contributed by atoms with Gasteiger partial charge in [0.25, 0.3) is 0 Å². The smallest absolute Gasteiger partial charge is 0.338 e. The second kappa shape index (κ2) is 4.24. The van der Waals surface area contributed by atoms with E-state index in [4.69, 9.17) is 5.11 Å². The van der Waals surface area contributed by atoms with Crippen molar-refractivity contribution in [3.05, 3.63) is 53.7 Å². The second-order valence-electron chi connectivity index (χ2n) is 4.44. The van der Waals surface area contributed by atoms with Crippen molar-refractivity contribution < 1.29 is 9.90 Å². The normalized spacial score (nSPS) is 11.0. The van der Waals surface area contributed by atoms with Crippen molar-refractivity contribution in [1.29, 1.82) is 0 Å². The molecule has 3 rings (SSSR count). The molecule has 96 valence electrons. The van der Waals surface area contributed by atoms with Gasteiger partial charge >= 0.3 is 5.97 Å². The van der Waals surface area contributed by atoms with Gasteiger partial charge in [-0.15, -0.1) is 0 Å². The van der Waals surface area contributed by atoms with E-state index in [1.165, 1.54) is 12.4 Å². The Balaban J connectivity index is 1.89. The molecular formula is C13H12N4O2. The maximum atomic E-state index is 10.8. The molecule has 6 nitrogen and oxygen atoms in total. The molecule has 0 bridgehead atoms. The number of aryl methyl sites for hydroxylation is 1. The summed E-state index contributed by atoms with van der Waals surface area (Å²) in [7, 11) is 0. The van der Waals surface area contributed by atoms with Gasteiger partial charge in [-0.1, -0.05) is 6.07 Å². The number of aromatic nitrogens is 4. The topological polar surface area (TPSA) is 72.4 Å². The molecule has 0 saturated heterocycles. The van der Waals surface area contributed by atoms with Crippen molar-refractivity contribution in [2.45, 2.75) is 13.5 Å². The van der Waals surface area contributed by atoms with Crippen molar-refractivity contribution in [2.75, 3.05) is 0 Å². The number of imidazole rings is 1. The van der Waals surface area contributed by atoms with Gasteiger partial charge in [0.1, 0.15) is 5.65 Å². The minimum atomic E-state index is -0.975. The average Bonchev–Trinajstić information content (AvgIpc) is 2.95. The molecule has 3 heterocycles. The van der Waals surface area contributed by atoms with Crippen molar-refractivity contribution >= 4 is 11.6 Å². The number of carbonyl (C=O) groups is 1. The van der Waals surface area contributed by atoms with Gasteiger partial charge < -0.3 is 9.51 Å². The van der Waals surface area contributed by atoms with Crippen LogP contribution in [0, 0.1) is 6.92 Å². The molecule has 0 fully saturated rings. The average molecular weight is 256 g/mol. The van der Waals surface area contributed by atoms with E-state index in [2.05, 4.69) is 10.1 Å². The fourth-order valence-electron chi connectivity index (χ4n) is 1.96. The molecule has 0 aliphatic rings. The van der Waals surface area contributed by atoms with E-state index in [1.54, 1.807) is 4.68 Å². The second-order valence-corrected chi connectivity index (χ2v) is 4.44. The highest BCUT2D eigenvalue weighted by atomic mass is 16.4. The maximum absolute atomic E-state index is 10.8. The highest BCUT2D eigenvalue weighted by Gasteiger charge is 2.08. The van der Waals surface area contributed by atoms with E-state index >= 15 is 0 Å². The Hall–Kier alpha value is -2.63. The van der Waals surface area contributed by atoms with E-state index in [1.807, 2.05) is 35.9 Å². The lowest BCUT2D eigenvalue weighted by atomic mass is 10.3. The van der Waals surface area contributed by atoms with Gasteiger partial charge in [0.15, 0.2) is 0 Å². The molecule has 0 aliphatic heterocycles. The molecule has 0 aliphatic carbocycles. The van der Waals surface area contributed by atoms with Crippen LogP contribution in [0.25, 0.3) is 5.65 Å². The zero-order valence-electron chi connectivity index (χ0n) is 10.3. The molecule has 6 heteroatoms. The number of hydrogen-bond acceptors (Lipinski definition) is 3. The van der Waals surface area contributed by atoms with E-state index in [-0.39, 0.29) is 5.56 Å². The highest BCUT2D eigenvalue weighted by molar-refractivity contribution is 5.86. The summed E-state index contributed by atoms with van der Waals surface area (Å²) in [6.45, 7) is 2.47. The van der Waals surface area contributed by atoms with E-state index in [9.17, 15) is 4.79 Å². The Kier molecular flexibility index (Phi) is 2.56. The number of pyridine rings is 1. The van der Waals surface area contributed by atoms with Crippen LogP contribution in [-0.2, 0) is 6.54 Å². The highest BCUT2D eigenvalue weighted by Crippen LogP contribution is 2.09. The van der Waals surface area contributed by atoms with Crippen molar-refractivity contribution in [3.8, 4) is 0 Å². The van der Waals surface area contributed by atoms with Crippen LogP contribution in [-0.4, -0.2) is 30.2 Å². The zero-order valence-corrected chi connectivity index (χ0v) is 10.3. The summed E-state index contributed by atoms with van der Waals surface area (Å²) in [6.07, 6.45) is 6.75. The lowest BCUT2D eigenvalue weighted by molar-refractivity contribution is 0.0697. The van der Waals surface area contributed by atoms with Crippen molar-refractivity contribution in [1.82, 2.24) is 19.2 Å². The fraction of sp³-hybridized carbons (Fsp3) is 0.154. The van der Waals surface area contributed by atoms with E-state index in [0.29, 0.717) is 6.54 Å². The Bertz CT molecular complexity index is 757. The summed E-state index contributed by atoms with van der Waals surface area (Å²) in [6, 6.07) is 3.95. The fourth-order valence-corrected chi connectivity index (χ4v) is 1.96. The summed E-state index contributed by atoms with van der Waals surface area (Å²) >= 11 is 0. The van der Waals surface area contributed by atoms with Crippen LogP contribution in [0.15, 0.2) is 36.9 Å². The number of hydrogen-bond donors (Lipinski definition) is 1. The minimum Gasteiger partial charge on any atom is -0.478 e. The molecule has 3 aromatic rings. The number of nitrogens with zero attached hydrogens (tertiary/aromatic N) is 4. The Morgan fingerprint density at radius 3 is 2.89 bits per heavy atom. The molecule has 0 spiro atoms. The summed E-state index contributed by atoms with van der Waals surface area (Å²) in [4.78, 5) is 15.2. The van der Waals surface area contributed by atoms with Gasteiger partial charge in [-0.25, -0.2) is 9.78 Å². The molecule has 0 atom stereocenters. The van der Waals surface area contributed by atoms with Gasteiger partial charge in [-0.3, -0.25) is 4.68 Å². The Morgan fingerprint density at radius 1 is 1.32 bits per heavy atom. The SMILES string of the molecule is Cc1ccc2nc(Cn3cc(C(=O)O)cn3)cn2c1. The third-order valence-electron chi connectivity index (χ3n) is 2.85. The van der Waals surface area contributed by atoms with Gasteiger partial charge in [0.2, 0.25) is 0 Å². The lowest BCUT2D eigenvalue weighted by Crippen LogP contribution is -2.00. The van der Waals surface area contributed by atoms with E-state index < -0.39 is 5.97 Å². The summed E-state index contributed by atoms with van der Waals surface area (Å²) < 4.78 is 3.52. The van der Waals surface area contributed by atoms with Crippen LogP contribution in [0.2, 0.25) is 0 Å². The molecule has 0 saturated carbocycles. The number of aromatic carboxylic acids is 1. The summed E-state index contributed by atoms with van der Waals surface area (Å²) in [5.74, 6) is -0.975. The van der Waals surface area contributed by atoms with Crippen molar-refractivity contribution in [2.24, 2.45) is 0 Å². The molecule has 0 unspecified atom stereocenters. The summed E-state index contributed by atoms with van der Waals surface area (Å²) in [5.41, 5.74) is 3.04. The first-order valence-electron chi connectivity index (χ1n) is 5.82. The Morgan fingerprint density at radius 2 is 2.16 bits per heavy atom. The quantitative estimate of drug-likeness (QED) is 0.772. The van der Waals surface area contributed by atoms with Gasteiger partial charge in [0.05, 0.1) is 24.0 Å². The van der Waals surface area contributed by atoms with Gasteiger partial charge in [0, 0.05) is 18.6 Å². The van der Waals surface area contributed by atoms with Crippen LogP contribution < -0.4 is 0 Å². The predicted octanol–water partition coefficient (Wildman–Crippen LogP) is 1.59. The first-order valence-corrected chi connectivity index (χ1v) is 5.82. The van der Waals surface area contributed by atoms with Crippen LogP contribution in [0.3, 0.4) is 0 Å². The van der Waals surface area contributed by atoms with Gasteiger partial charge in [-0.2, -0.15) is 5.10 Å². The Labute approximate surface area is 108 Å². The predicted molar refractivity (Wildman–Crippen MR) is 68.2 cm³/mol. The maximum Gasteiger partial charge on any atom is 0.338 e. The van der Waals surface area contributed by atoms with Crippen molar-refractivity contribution in [3.63, 3.8) is 0 Å². The number of fused-ring (bicyclic) bond motifs is 1. The first-order chi connectivity index (χ1) is 9.11. The molecule has 19 heavy (non-hydrogen) atoms. The van der Waals surface area contributed by atoms with Crippen LogP contribution in [0.5, 0.6) is 0 Å². The van der Waals surface area contributed by atoms with Crippen LogP contribution >= 0.6 is 0 Å². The minimum absolute atomic E-state index is 0.180. The molecular weight excluding hydrogens is 244 g/mol. The number of rotatable bonds is 3. The number of carboxylic acids is 1. The van der Waals surface area contributed by atoms with Gasteiger partial charge in [-0.05, 0) is 18.6 Å². The molecule has 0 radical (unpaired) electrons. The lowest BCUT2D eigenvalue weighted by Gasteiger charge is -1.95. The van der Waals surface area contributed by atoms with Crippen LogP contribution in [0.4, 0.5) is 0 Å². The van der Waals surface area contributed by atoms with E-state index in [0.717, 1.165) is 16.9 Å². The molecule has 1 N–H and O–H groups in total. The van der Waals surface area contributed by atoms with Crippen LogP contribution in [0.1, 0.15) is 21.6 Å². The third-order valence-corrected chi connectivity index (χ3v) is 2.85. The largest absolute Gasteiger partial charge is 0.478 e. The third kappa shape index (κ3) is 2.20. The monoisotopic (exact) mass is 256 g/mol. The molecule has 0 amide bonds. The molecule has 0 aromatic carbocycles. The molecule has 3 aromatic heterocycles. The standard InChI is InChI=1S/C13H12N4O2/c1-9-2-3-12-15-11(7-16(12)5-9)8-17-6-10(4-14-17)13(18)19/h2-7H,8H2,1H3,(H,18,19). The summed E-state index contributed by atoms with van der Waals surface area (Å²) in [5, 5.41) is 12.8. The first kappa shape index (κ1) is 11.5.